The summed E-state index contributed by atoms with van der Waals surface area (Å²) in [5, 5.41) is 7.42. The molecule has 2 atom stereocenters. The van der Waals surface area contributed by atoms with Crippen LogP contribution in [-0.2, 0) is 4.79 Å². The highest BCUT2D eigenvalue weighted by molar-refractivity contribution is 5.97. The zero-order valence-corrected chi connectivity index (χ0v) is 11.1. The van der Waals surface area contributed by atoms with Crippen molar-refractivity contribution in [3.63, 3.8) is 0 Å². The Labute approximate surface area is 112 Å². The Bertz CT molecular complexity index is 590. The van der Waals surface area contributed by atoms with Gasteiger partial charge < -0.3 is 15.6 Å². The first-order chi connectivity index (χ1) is 9.24. The van der Waals surface area contributed by atoms with Crippen molar-refractivity contribution in [3.05, 3.63) is 30.5 Å². The van der Waals surface area contributed by atoms with Crippen LogP contribution in [0.15, 0.2) is 30.5 Å². The lowest BCUT2D eigenvalue weighted by molar-refractivity contribution is -0.119. The van der Waals surface area contributed by atoms with Crippen LogP contribution in [-0.4, -0.2) is 23.5 Å². The summed E-state index contributed by atoms with van der Waals surface area (Å²) in [6, 6.07) is 7.85. The van der Waals surface area contributed by atoms with Gasteiger partial charge in [0.1, 0.15) is 0 Å². The largest absolute Gasteiger partial charge is 0.361 e. The normalized spacial score (nSPS) is 23.4. The molecule has 2 aromatic rings. The molecule has 0 spiro atoms. The van der Waals surface area contributed by atoms with E-state index in [0.717, 1.165) is 36.0 Å². The van der Waals surface area contributed by atoms with Gasteiger partial charge >= 0.3 is 0 Å². The number of carbonyl (C=O) groups excluding carboxylic acids is 1. The summed E-state index contributed by atoms with van der Waals surface area (Å²) in [6.07, 6.45) is 4.17. The van der Waals surface area contributed by atoms with E-state index in [0.29, 0.717) is 5.92 Å². The number of hydrogen-bond donors (Lipinski definition) is 3. The number of H-pyrrole nitrogens is 1. The number of rotatable bonds is 2. The van der Waals surface area contributed by atoms with E-state index in [4.69, 9.17) is 0 Å². The number of benzene rings is 1. The first-order valence-corrected chi connectivity index (χ1v) is 6.85. The van der Waals surface area contributed by atoms with Gasteiger partial charge in [-0.15, -0.1) is 0 Å². The Kier molecular flexibility index (Phi) is 3.25. The average molecular weight is 257 g/mol. The Hall–Kier alpha value is -1.81. The predicted molar refractivity (Wildman–Crippen MR) is 77.1 cm³/mol. The fourth-order valence-electron chi connectivity index (χ4n) is 2.75. The maximum Gasteiger partial charge on any atom is 0.241 e. The fourth-order valence-corrected chi connectivity index (χ4v) is 2.75. The van der Waals surface area contributed by atoms with Gasteiger partial charge in [-0.3, -0.25) is 4.79 Å². The topological polar surface area (TPSA) is 56.9 Å². The molecule has 1 aromatic carbocycles. The summed E-state index contributed by atoms with van der Waals surface area (Å²) in [5.74, 6) is 0.465. The number of nitrogens with one attached hydrogen (secondary N) is 3. The zero-order valence-electron chi connectivity index (χ0n) is 11.1. The molecule has 0 radical (unpaired) electrons. The van der Waals surface area contributed by atoms with Crippen LogP contribution in [0.1, 0.15) is 19.8 Å². The molecule has 0 aliphatic carbocycles. The molecule has 4 heteroatoms. The molecule has 0 saturated carbocycles. The van der Waals surface area contributed by atoms with E-state index in [1.54, 1.807) is 0 Å². The van der Waals surface area contributed by atoms with Gasteiger partial charge in [0.25, 0.3) is 0 Å². The molecule has 1 aliphatic heterocycles. The lowest BCUT2D eigenvalue weighted by Gasteiger charge is -2.28. The molecule has 1 saturated heterocycles. The minimum Gasteiger partial charge on any atom is -0.361 e. The second-order valence-electron chi connectivity index (χ2n) is 5.32. The van der Waals surface area contributed by atoms with E-state index in [1.807, 2.05) is 30.5 Å². The highest BCUT2D eigenvalue weighted by Crippen LogP contribution is 2.20. The Morgan fingerprint density at radius 3 is 3.11 bits per heavy atom. The van der Waals surface area contributed by atoms with Crippen molar-refractivity contribution < 1.29 is 4.79 Å². The first kappa shape index (κ1) is 12.2. The lowest BCUT2D eigenvalue weighted by Crippen LogP contribution is -2.48. The third kappa shape index (κ3) is 2.49. The van der Waals surface area contributed by atoms with E-state index in [2.05, 4.69) is 22.5 Å². The van der Waals surface area contributed by atoms with Crippen LogP contribution in [0.5, 0.6) is 0 Å². The van der Waals surface area contributed by atoms with Crippen molar-refractivity contribution >= 4 is 22.5 Å². The molecule has 1 aliphatic rings. The minimum atomic E-state index is -0.0735. The molecule has 0 bridgehead atoms. The van der Waals surface area contributed by atoms with Gasteiger partial charge in [-0.05, 0) is 49.6 Å². The van der Waals surface area contributed by atoms with Crippen molar-refractivity contribution in [1.82, 2.24) is 10.3 Å². The van der Waals surface area contributed by atoms with Gasteiger partial charge in [0.05, 0.1) is 6.04 Å². The molecule has 19 heavy (non-hydrogen) atoms. The SMILES string of the molecule is CC1CCCNC1C(=O)Nc1ccc2[nH]ccc2c1. The maximum absolute atomic E-state index is 12.3. The molecule has 3 rings (SSSR count). The third-order valence-electron chi connectivity index (χ3n) is 3.87. The number of fused-ring (bicyclic) bond motifs is 1. The van der Waals surface area contributed by atoms with E-state index >= 15 is 0 Å². The van der Waals surface area contributed by atoms with E-state index in [1.165, 1.54) is 0 Å². The quantitative estimate of drug-likeness (QED) is 0.774. The molecule has 3 N–H and O–H groups in total. The molecular formula is C15H19N3O. The minimum absolute atomic E-state index is 0.0714. The number of piperidine rings is 1. The summed E-state index contributed by atoms with van der Waals surface area (Å²) in [7, 11) is 0. The number of amides is 1. The summed E-state index contributed by atoms with van der Waals surface area (Å²) in [4.78, 5) is 15.4. The van der Waals surface area contributed by atoms with Gasteiger partial charge in [-0.2, -0.15) is 0 Å². The van der Waals surface area contributed by atoms with Crippen LogP contribution in [0.25, 0.3) is 10.9 Å². The van der Waals surface area contributed by atoms with E-state index in [9.17, 15) is 4.79 Å². The molecule has 2 unspecified atom stereocenters. The molecule has 1 amide bonds. The maximum atomic E-state index is 12.3. The van der Waals surface area contributed by atoms with Gasteiger partial charge in [-0.1, -0.05) is 6.92 Å². The van der Waals surface area contributed by atoms with Gasteiger partial charge in [0.2, 0.25) is 5.91 Å². The Balaban J connectivity index is 1.74. The third-order valence-corrected chi connectivity index (χ3v) is 3.87. The number of anilines is 1. The second kappa shape index (κ2) is 5.05. The van der Waals surface area contributed by atoms with Crippen LogP contribution in [0.4, 0.5) is 5.69 Å². The van der Waals surface area contributed by atoms with E-state index in [-0.39, 0.29) is 11.9 Å². The van der Waals surface area contributed by atoms with E-state index < -0.39 is 0 Å². The van der Waals surface area contributed by atoms with Crippen LogP contribution in [0.2, 0.25) is 0 Å². The molecule has 1 aromatic heterocycles. The van der Waals surface area contributed by atoms with Gasteiger partial charge in [-0.25, -0.2) is 0 Å². The van der Waals surface area contributed by atoms with Gasteiger partial charge in [0.15, 0.2) is 0 Å². The van der Waals surface area contributed by atoms with Crippen LogP contribution >= 0.6 is 0 Å². The van der Waals surface area contributed by atoms with Crippen LogP contribution < -0.4 is 10.6 Å². The van der Waals surface area contributed by atoms with Crippen molar-refractivity contribution in [2.75, 3.05) is 11.9 Å². The lowest BCUT2D eigenvalue weighted by atomic mass is 9.92. The fraction of sp³-hybridized carbons (Fsp3) is 0.400. The molecule has 4 nitrogen and oxygen atoms in total. The summed E-state index contributed by atoms with van der Waals surface area (Å²) in [5.41, 5.74) is 1.94. The van der Waals surface area contributed by atoms with Crippen LogP contribution in [0.3, 0.4) is 0 Å². The monoisotopic (exact) mass is 257 g/mol. The molecular weight excluding hydrogens is 238 g/mol. The summed E-state index contributed by atoms with van der Waals surface area (Å²) < 4.78 is 0. The predicted octanol–water partition coefficient (Wildman–Crippen LogP) is 2.49. The molecule has 1 fully saturated rings. The summed E-state index contributed by atoms with van der Waals surface area (Å²) >= 11 is 0. The number of hydrogen-bond acceptors (Lipinski definition) is 2. The van der Waals surface area contributed by atoms with Gasteiger partial charge in [0, 0.05) is 22.8 Å². The Morgan fingerprint density at radius 2 is 2.26 bits per heavy atom. The van der Waals surface area contributed by atoms with Crippen LogP contribution in [0, 0.1) is 5.92 Å². The smallest absolute Gasteiger partial charge is 0.241 e. The number of aromatic amines is 1. The molecule has 100 valence electrons. The van der Waals surface area contributed by atoms with Crippen molar-refractivity contribution in [2.45, 2.75) is 25.8 Å². The number of aromatic nitrogens is 1. The summed E-state index contributed by atoms with van der Waals surface area (Å²) in [6.45, 7) is 3.06. The first-order valence-electron chi connectivity index (χ1n) is 6.85. The highest BCUT2D eigenvalue weighted by atomic mass is 16.2. The number of carbonyl (C=O) groups is 1. The second-order valence-corrected chi connectivity index (χ2v) is 5.32. The van der Waals surface area contributed by atoms with Crippen molar-refractivity contribution in [1.29, 1.82) is 0 Å². The van der Waals surface area contributed by atoms with Crippen molar-refractivity contribution in [2.24, 2.45) is 5.92 Å². The standard InChI is InChI=1S/C15H19N3O/c1-10-3-2-7-17-14(10)15(19)18-12-4-5-13-11(9-12)6-8-16-13/h4-6,8-10,14,16-17H,2-3,7H2,1H3,(H,18,19). The zero-order chi connectivity index (χ0) is 13.2. The average Bonchev–Trinajstić information content (AvgIpc) is 2.86. The Morgan fingerprint density at radius 1 is 1.37 bits per heavy atom. The highest BCUT2D eigenvalue weighted by Gasteiger charge is 2.27. The molecule has 2 heterocycles. The van der Waals surface area contributed by atoms with Crippen molar-refractivity contribution in [3.8, 4) is 0 Å².